The largest absolute Gasteiger partial charge is 1.00 e. The molecule has 0 spiro atoms. The number of halogens is 8. The monoisotopic (exact) mass is 1200 g/mol. The van der Waals surface area contributed by atoms with Gasteiger partial charge in [-0.15, -0.1) is 49.6 Å². The summed E-state index contributed by atoms with van der Waals surface area (Å²) in [5.74, 6) is 3.30. The Balaban J connectivity index is -0.00000144. The van der Waals surface area contributed by atoms with E-state index < -0.39 is 0 Å². The van der Waals surface area contributed by atoms with Crippen molar-refractivity contribution >= 4 is 73.9 Å². The van der Waals surface area contributed by atoms with Gasteiger partial charge in [0.15, 0.2) is 0 Å². The van der Waals surface area contributed by atoms with Gasteiger partial charge in [0.25, 0.3) is 0 Å². The molecule has 0 radical (unpaired) electrons. The van der Waals surface area contributed by atoms with Gasteiger partial charge in [0.05, 0.1) is 135 Å². The summed E-state index contributed by atoms with van der Waals surface area (Å²) in [7, 11) is 18.1. The lowest BCUT2D eigenvalue weighted by atomic mass is 10.1. The normalized spacial score (nSPS) is 11.3. The van der Waals surface area contributed by atoms with Gasteiger partial charge in [0, 0.05) is 63.5 Å². The van der Waals surface area contributed by atoms with Gasteiger partial charge in [-0.05, 0) is 72.7 Å². The van der Waals surface area contributed by atoms with E-state index in [4.69, 9.17) is 41.9 Å². The maximum atomic E-state index is 6.34. The van der Waals surface area contributed by atoms with Crippen molar-refractivity contribution in [1.29, 1.82) is 0 Å². The summed E-state index contributed by atoms with van der Waals surface area (Å²) in [5, 5.41) is 0. The molecule has 3 rings (SSSR count). The zero-order valence-electron chi connectivity index (χ0n) is 45.9. The molecule has 0 aliphatic rings. The van der Waals surface area contributed by atoms with Crippen molar-refractivity contribution in [3.8, 4) is 23.0 Å². The van der Waals surface area contributed by atoms with Crippen molar-refractivity contribution in [3.63, 3.8) is 0 Å². The average Bonchev–Trinajstić information content (AvgIpc) is 3.28. The molecule has 0 unspecified atom stereocenters. The Morgan fingerprint density at radius 2 is 0.500 bits per heavy atom. The fraction of sp³-hybridized carbons (Fsp3) is 0.593. The van der Waals surface area contributed by atoms with Crippen LogP contribution in [0.5, 0.6) is 23.0 Å². The van der Waals surface area contributed by atoms with E-state index >= 15 is 0 Å². The van der Waals surface area contributed by atoms with Gasteiger partial charge in [0.1, 0.15) is 23.0 Å². The lowest BCUT2D eigenvalue weighted by molar-refractivity contribution is -0.890. The summed E-state index contributed by atoms with van der Waals surface area (Å²) in [6, 6.07) is 21.1. The highest BCUT2D eigenvalue weighted by atomic mass is 35.5. The van der Waals surface area contributed by atoms with Gasteiger partial charge in [-0.1, -0.05) is 48.6 Å². The molecule has 0 heterocycles. The van der Waals surface area contributed by atoms with Crippen LogP contribution in [0.3, 0.4) is 0 Å². The number of ether oxygens (including phenoxy) is 4. The summed E-state index contributed by atoms with van der Waals surface area (Å²) in [6.45, 7) is 13.9. The average molecular weight is 1210 g/mol. The van der Waals surface area contributed by atoms with Crippen molar-refractivity contribution < 1.29 is 86.5 Å². The molecule has 434 valence electrons. The van der Waals surface area contributed by atoms with Crippen LogP contribution in [-0.4, -0.2) is 179 Å². The van der Waals surface area contributed by atoms with Gasteiger partial charge in [-0.25, -0.2) is 0 Å². The third-order valence-electron chi connectivity index (χ3n) is 12.3. The van der Waals surface area contributed by atoms with Crippen molar-refractivity contribution in [1.82, 2.24) is 0 Å². The molecule has 20 heteroatoms. The second-order valence-electron chi connectivity index (χ2n) is 20.7. The Hall–Kier alpha value is -1.66. The van der Waals surface area contributed by atoms with Crippen LogP contribution in [0.15, 0.2) is 60.7 Å². The van der Waals surface area contributed by atoms with Crippen LogP contribution in [0.25, 0.3) is 24.3 Å². The van der Waals surface area contributed by atoms with Crippen LogP contribution < -0.4 is 91.5 Å². The van der Waals surface area contributed by atoms with E-state index in [1.54, 1.807) is 0 Å². The van der Waals surface area contributed by atoms with Crippen LogP contribution in [0.2, 0.25) is 0 Å². The van der Waals surface area contributed by atoms with Crippen LogP contribution in [0, 0.1) is 0 Å². The summed E-state index contributed by atoms with van der Waals surface area (Å²) in [5.41, 5.74) is 27.4. The summed E-state index contributed by atoms with van der Waals surface area (Å²) < 4.78 is 29.1. The zero-order chi connectivity index (χ0) is 48.3. The van der Waals surface area contributed by atoms with Gasteiger partial charge in [-0.3, -0.25) is 0 Å². The fourth-order valence-corrected chi connectivity index (χ4v) is 8.07. The molecule has 0 aliphatic carbocycles. The Morgan fingerprint density at radius 3 is 0.703 bits per heavy atom. The molecule has 0 amide bonds. The first-order valence-electron chi connectivity index (χ1n) is 24.8. The molecule has 0 bridgehead atoms. The Bertz CT molecular complexity index is 1660. The predicted molar refractivity (Wildman–Crippen MR) is 309 cm³/mol. The lowest BCUT2D eigenvalue weighted by Crippen LogP contribution is -3.00. The first-order chi connectivity index (χ1) is 31.5. The van der Waals surface area contributed by atoms with E-state index in [2.05, 4.69) is 129 Å². The number of benzene rings is 3. The fourth-order valence-electron chi connectivity index (χ4n) is 8.07. The Morgan fingerprint density at radius 1 is 0.311 bits per heavy atom. The van der Waals surface area contributed by atoms with Crippen molar-refractivity contribution in [2.24, 2.45) is 22.9 Å². The molecule has 74 heavy (non-hydrogen) atoms. The van der Waals surface area contributed by atoms with E-state index in [1.807, 2.05) is 12.1 Å². The Labute approximate surface area is 498 Å². The topological polar surface area (TPSA) is 141 Å². The smallest absolute Gasteiger partial charge is 0.123 e. The standard InChI is InChI=1S/C54H94N8O4.8ClH/c1-59(2,29-9-25-55)33-13-37-63-51-41-49(42-52(45-51)64-38-14-34-60(3,4)30-10-26-56)23-21-47-17-19-48(20-18-47)22-24-50-43-53(65-39-15-35-61(5,6)31-11-27-57)46-54(44-50)66-40-16-36-62(7,8)32-12-28-58;;;;;;;;/h17-24,41-46H,9-16,25-40,55-58H2,1-8H3;8*1H/q+4;;;;;;;;/p-4/b23-21+,24-22+;;;;;;;;. The summed E-state index contributed by atoms with van der Waals surface area (Å²) in [6.07, 6.45) is 16.5. The highest BCUT2D eigenvalue weighted by molar-refractivity contribution is 5.86. The quantitative estimate of drug-likeness (QED) is 0.0268. The first kappa shape index (κ1) is 83.7. The highest BCUT2D eigenvalue weighted by Gasteiger charge is 2.17. The molecule has 8 N–H and O–H groups in total. The van der Waals surface area contributed by atoms with Gasteiger partial charge in [0.2, 0.25) is 0 Å². The molecular formula is C54H98Cl8N8O4. The molecule has 0 aliphatic heterocycles. The van der Waals surface area contributed by atoms with E-state index in [-0.39, 0.29) is 99.3 Å². The van der Waals surface area contributed by atoms with Crippen LogP contribution in [0.1, 0.15) is 73.6 Å². The van der Waals surface area contributed by atoms with Gasteiger partial charge in [-0.2, -0.15) is 0 Å². The third kappa shape index (κ3) is 38.0. The number of quaternary nitrogens is 4. The van der Waals surface area contributed by atoms with E-state index in [0.29, 0.717) is 26.4 Å². The van der Waals surface area contributed by atoms with Crippen LogP contribution >= 0.6 is 49.6 Å². The lowest BCUT2D eigenvalue weighted by Gasteiger charge is -2.29. The molecule has 0 atom stereocenters. The number of nitrogens with zero attached hydrogens (tertiary/aromatic N) is 4. The van der Waals surface area contributed by atoms with Crippen LogP contribution in [0.4, 0.5) is 0 Å². The Kier molecular flexibility index (Phi) is 51.1. The molecule has 3 aromatic rings. The number of hydrogen-bond donors (Lipinski definition) is 4. The van der Waals surface area contributed by atoms with Gasteiger partial charge >= 0.3 is 0 Å². The molecule has 0 saturated carbocycles. The minimum absolute atomic E-state index is 0. The number of rotatable bonds is 36. The number of hydrogen-bond acceptors (Lipinski definition) is 8. The maximum Gasteiger partial charge on any atom is 0.123 e. The van der Waals surface area contributed by atoms with Gasteiger partial charge < -0.3 is 109 Å². The van der Waals surface area contributed by atoms with Crippen molar-refractivity contribution in [2.75, 3.05) is 161 Å². The molecule has 3 aromatic carbocycles. The van der Waals surface area contributed by atoms with Crippen molar-refractivity contribution in [3.05, 3.63) is 82.9 Å². The molecular weight excluding hydrogens is 1110 g/mol. The second-order valence-corrected chi connectivity index (χ2v) is 20.7. The number of nitrogens with two attached hydrogens (primary N) is 4. The summed E-state index contributed by atoms with van der Waals surface area (Å²) >= 11 is 0. The summed E-state index contributed by atoms with van der Waals surface area (Å²) in [4.78, 5) is 0. The highest BCUT2D eigenvalue weighted by Crippen LogP contribution is 2.27. The van der Waals surface area contributed by atoms with E-state index in [1.165, 1.54) is 0 Å². The zero-order valence-corrected chi connectivity index (χ0v) is 52.2. The minimum atomic E-state index is 0. The van der Waals surface area contributed by atoms with E-state index in [0.717, 1.165) is 193 Å². The second kappa shape index (κ2) is 45.2. The molecule has 12 nitrogen and oxygen atoms in total. The first-order valence-corrected chi connectivity index (χ1v) is 24.8. The molecule has 0 saturated heterocycles. The molecule has 0 fully saturated rings. The molecule has 0 aromatic heterocycles. The predicted octanol–water partition coefficient (Wildman–Crippen LogP) is -3.49. The van der Waals surface area contributed by atoms with Crippen molar-refractivity contribution in [2.45, 2.75) is 51.4 Å². The van der Waals surface area contributed by atoms with E-state index in [9.17, 15) is 0 Å². The van der Waals surface area contributed by atoms with Crippen LogP contribution in [-0.2, 0) is 0 Å². The maximum absolute atomic E-state index is 6.34. The SMILES string of the molecule is C[N+](C)(CCCN)CCCOc1cc(/C=C/c2ccc(/C=C/c3cc(OCCC[N+](C)(C)CCCN)cc(OCCC[N+](C)(C)CCCN)c3)cc2)cc(OCCC[N+](C)(C)CCCN)c1.Cl.Cl.Cl.Cl.[Cl-].[Cl-].[Cl-].[Cl-]. The minimum Gasteiger partial charge on any atom is -1.00 e. The third-order valence-corrected chi connectivity index (χ3v) is 12.3.